The van der Waals surface area contributed by atoms with Gasteiger partial charge >= 0.3 is 0 Å². The number of pyridine rings is 1. The summed E-state index contributed by atoms with van der Waals surface area (Å²) in [5, 5.41) is 13.8. The lowest BCUT2D eigenvalue weighted by Crippen LogP contribution is -1.89. The first-order valence-corrected chi connectivity index (χ1v) is 9.33. The standard InChI is InChI=1S/C25H18N2/c1-15-13-19-11-12-27-25(21(19)14-16(15)2)24-22(26-27)10-9-18-8-7-17-5-3-4-6-20(17)23(18)24/h3-14H,1-2H3. The van der Waals surface area contributed by atoms with Gasteiger partial charge in [0.05, 0.1) is 11.0 Å². The number of hydrogen-bond acceptors (Lipinski definition) is 1. The summed E-state index contributed by atoms with van der Waals surface area (Å²) in [5.74, 6) is 0. The van der Waals surface area contributed by atoms with Crippen molar-refractivity contribution >= 4 is 48.7 Å². The molecule has 27 heavy (non-hydrogen) atoms. The number of fused-ring (bicyclic) bond motifs is 9. The second kappa shape index (κ2) is 5.08. The van der Waals surface area contributed by atoms with E-state index in [0.717, 1.165) is 5.52 Å². The summed E-state index contributed by atoms with van der Waals surface area (Å²) in [5.41, 5.74) is 4.89. The van der Waals surface area contributed by atoms with Crippen molar-refractivity contribution in [3.8, 4) is 0 Å². The largest absolute Gasteiger partial charge is 0.239 e. The van der Waals surface area contributed by atoms with E-state index >= 15 is 0 Å². The van der Waals surface area contributed by atoms with Crippen LogP contribution in [0, 0.1) is 13.8 Å². The van der Waals surface area contributed by atoms with Crippen LogP contribution in [0.2, 0.25) is 0 Å². The maximum absolute atomic E-state index is 4.89. The first kappa shape index (κ1) is 14.7. The van der Waals surface area contributed by atoms with E-state index in [-0.39, 0.29) is 0 Å². The topological polar surface area (TPSA) is 17.3 Å². The Morgan fingerprint density at radius 1 is 0.667 bits per heavy atom. The Morgan fingerprint density at radius 3 is 2.37 bits per heavy atom. The van der Waals surface area contributed by atoms with E-state index in [1.165, 1.54) is 54.3 Å². The van der Waals surface area contributed by atoms with Gasteiger partial charge in [0.15, 0.2) is 0 Å². The van der Waals surface area contributed by atoms with Gasteiger partial charge in [-0.2, -0.15) is 5.10 Å². The van der Waals surface area contributed by atoms with Gasteiger partial charge in [0.1, 0.15) is 0 Å². The van der Waals surface area contributed by atoms with E-state index in [1.54, 1.807) is 0 Å². The third-order valence-corrected chi connectivity index (χ3v) is 5.89. The van der Waals surface area contributed by atoms with E-state index in [1.807, 2.05) is 4.52 Å². The average molecular weight is 346 g/mol. The highest BCUT2D eigenvalue weighted by Crippen LogP contribution is 2.37. The van der Waals surface area contributed by atoms with Gasteiger partial charge in [0.2, 0.25) is 0 Å². The molecule has 0 unspecified atom stereocenters. The number of rotatable bonds is 0. The molecule has 0 atom stereocenters. The van der Waals surface area contributed by atoms with Gasteiger partial charge in [-0.05, 0) is 64.7 Å². The second-order valence-corrected chi connectivity index (χ2v) is 7.48. The Labute approximate surface area is 156 Å². The SMILES string of the molecule is Cc1cc2ccn3nc4ccc5ccc6ccccc6c5c4c3c2cc1C. The number of nitrogens with zero attached hydrogens (tertiary/aromatic N) is 2. The van der Waals surface area contributed by atoms with Crippen molar-refractivity contribution in [3.63, 3.8) is 0 Å². The number of aromatic nitrogens is 2. The van der Waals surface area contributed by atoms with Gasteiger partial charge in [0, 0.05) is 22.4 Å². The van der Waals surface area contributed by atoms with Crippen LogP contribution in [-0.2, 0) is 0 Å². The highest BCUT2D eigenvalue weighted by Gasteiger charge is 2.14. The van der Waals surface area contributed by atoms with Gasteiger partial charge in [0.25, 0.3) is 0 Å². The minimum atomic E-state index is 1.05. The minimum absolute atomic E-state index is 1.05. The Kier molecular flexibility index (Phi) is 2.77. The molecule has 0 aliphatic carbocycles. The van der Waals surface area contributed by atoms with Crippen LogP contribution in [0.1, 0.15) is 11.1 Å². The highest BCUT2D eigenvalue weighted by molar-refractivity contribution is 6.27. The van der Waals surface area contributed by atoms with E-state index in [0.29, 0.717) is 0 Å². The normalized spacial score (nSPS) is 12.1. The molecule has 6 rings (SSSR count). The first-order chi connectivity index (χ1) is 13.2. The monoisotopic (exact) mass is 346 g/mol. The smallest absolute Gasteiger partial charge is 0.0940 e. The van der Waals surface area contributed by atoms with Crippen LogP contribution in [0.5, 0.6) is 0 Å². The molecule has 6 aromatic rings. The summed E-state index contributed by atoms with van der Waals surface area (Å²) in [4.78, 5) is 0. The molecule has 0 spiro atoms. The maximum Gasteiger partial charge on any atom is 0.0940 e. The Bertz CT molecular complexity index is 1540. The fraction of sp³-hybridized carbons (Fsp3) is 0.0800. The molecule has 0 saturated carbocycles. The minimum Gasteiger partial charge on any atom is -0.239 e. The van der Waals surface area contributed by atoms with Gasteiger partial charge < -0.3 is 0 Å². The molecule has 2 aromatic heterocycles. The third kappa shape index (κ3) is 1.93. The van der Waals surface area contributed by atoms with Gasteiger partial charge in [-0.25, -0.2) is 4.52 Å². The van der Waals surface area contributed by atoms with Crippen LogP contribution in [0.3, 0.4) is 0 Å². The molecule has 4 aromatic carbocycles. The molecule has 2 heteroatoms. The zero-order chi connectivity index (χ0) is 18.1. The predicted octanol–water partition coefficient (Wildman–Crippen LogP) is 6.56. The number of benzene rings is 4. The lowest BCUT2D eigenvalue weighted by atomic mass is 9.96. The summed E-state index contributed by atoms with van der Waals surface area (Å²) in [7, 11) is 0. The zero-order valence-electron chi connectivity index (χ0n) is 15.3. The van der Waals surface area contributed by atoms with Crippen molar-refractivity contribution in [1.82, 2.24) is 9.61 Å². The van der Waals surface area contributed by atoms with E-state index < -0.39 is 0 Å². The van der Waals surface area contributed by atoms with Crippen LogP contribution in [-0.4, -0.2) is 9.61 Å². The van der Waals surface area contributed by atoms with Crippen molar-refractivity contribution in [1.29, 1.82) is 0 Å². The molecule has 0 N–H and O–H groups in total. The van der Waals surface area contributed by atoms with E-state index in [9.17, 15) is 0 Å². The zero-order valence-corrected chi connectivity index (χ0v) is 15.3. The quantitative estimate of drug-likeness (QED) is 0.285. The van der Waals surface area contributed by atoms with Gasteiger partial charge in [-0.15, -0.1) is 0 Å². The van der Waals surface area contributed by atoms with Gasteiger partial charge in [-0.1, -0.05) is 48.5 Å². The molecule has 0 amide bonds. The van der Waals surface area contributed by atoms with Crippen molar-refractivity contribution in [2.24, 2.45) is 0 Å². The average Bonchev–Trinajstić information content (AvgIpc) is 3.08. The summed E-state index contributed by atoms with van der Waals surface area (Å²) < 4.78 is 2.04. The lowest BCUT2D eigenvalue weighted by molar-refractivity contribution is 0.988. The molecule has 0 radical (unpaired) electrons. The summed E-state index contributed by atoms with van der Waals surface area (Å²) in [6, 6.07) is 24.2. The second-order valence-electron chi connectivity index (χ2n) is 7.48. The number of hydrogen-bond donors (Lipinski definition) is 0. The maximum atomic E-state index is 4.89. The van der Waals surface area contributed by atoms with Gasteiger partial charge in [-0.3, -0.25) is 0 Å². The Morgan fingerprint density at radius 2 is 1.44 bits per heavy atom. The van der Waals surface area contributed by atoms with Crippen molar-refractivity contribution in [3.05, 3.63) is 84.1 Å². The highest BCUT2D eigenvalue weighted by atomic mass is 15.2. The molecule has 0 aliphatic heterocycles. The van der Waals surface area contributed by atoms with Crippen LogP contribution >= 0.6 is 0 Å². The molecule has 128 valence electrons. The van der Waals surface area contributed by atoms with Crippen molar-refractivity contribution in [2.45, 2.75) is 13.8 Å². The molecule has 0 bridgehead atoms. The summed E-state index contributed by atoms with van der Waals surface area (Å²) in [6.45, 7) is 4.36. The molecule has 0 aliphatic rings. The summed E-state index contributed by atoms with van der Waals surface area (Å²) >= 11 is 0. The van der Waals surface area contributed by atoms with E-state index in [4.69, 9.17) is 5.10 Å². The third-order valence-electron chi connectivity index (χ3n) is 5.89. The van der Waals surface area contributed by atoms with Crippen LogP contribution in [0.4, 0.5) is 0 Å². The first-order valence-electron chi connectivity index (χ1n) is 9.33. The van der Waals surface area contributed by atoms with Crippen molar-refractivity contribution < 1.29 is 0 Å². The molecule has 2 heterocycles. The Hall–Kier alpha value is -3.39. The number of aryl methyl sites for hydroxylation is 2. The van der Waals surface area contributed by atoms with Crippen LogP contribution in [0.15, 0.2) is 72.9 Å². The van der Waals surface area contributed by atoms with Crippen LogP contribution in [0.25, 0.3) is 48.7 Å². The fourth-order valence-corrected chi connectivity index (χ4v) is 4.39. The Balaban J connectivity index is 1.98. The fourth-order valence-electron chi connectivity index (χ4n) is 4.39. The summed E-state index contributed by atoms with van der Waals surface area (Å²) in [6.07, 6.45) is 2.09. The van der Waals surface area contributed by atoms with Crippen molar-refractivity contribution in [2.75, 3.05) is 0 Å². The van der Waals surface area contributed by atoms with E-state index in [2.05, 4.69) is 86.8 Å². The van der Waals surface area contributed by atoms with Crippen LogP contribution < -0.4 is 0 Å². The molecule has 0 saturated heterocycles. The molecule has 0 fully saturated rings. The molecular formula is C25H18N2. The lowest BCUT2D eigenvalue weighted by Gasteiger charge is -2.08. The molecular weight excluding hydrogens is 328 g/mol. The predicted molar refractivity (Wildman–Crippen MR) is 115 cm³/mol. The molecule has 2 nitrogen and oxygen atoms in total.